The minimum Gasteiger partial charge on any atom is -0.468 e. The lowest BCUT2D eigenvalue weighted by atomic mass is 10.2. The quantitative estimate of drug-likeness (QED) is 0.469. The second-order valence-corrected chi connectivity index (χ2v) is 5.63. The highest BCUT2D eigenvalue weighted by atomic mass is 127. The Balaban J connectivity index is 2.50. The Labute approximate surface area is 121 Å². The minimum absolute atomic E-state index is 0.205. The number of rotatable bonds is 4. The van der Waals surface area contributed by atoms with E-state index in [4.69, 9.17) is 0 Å². The van der Waals surface area contributed by atoms with E-state index in [1.54, 1.807) is 24.3 Å². The predicted molar refractivity (Wildman–Crippen MR) is 76.3 cm³/mol. The zero-order valence-electron chi connectivity index (χ0n) is 9.07. The molecule has 0 aliphatic rings. The van der Waals surface area contributed by atoms with Crippen molar-refractivity contribution >= 4 is 50.4 Å². The van der Waals surface area contributed by atoms with Gasteiger partial charge in [0.2, 0.25) is 0 Å². The van der Waals surface area contributed by atoms with E-state index in [1.165, 1.54) is 7.11 Å². The van der Waals surface area contributed by atoms with Gasteiger partial charge in [0, 0.05) is 16.6 Å². The molecule has 0 heterocycles. The highest BCUT2D eigenvalue weighted by Crippen LogP contribution is 2.10. The number of esters is 1. The fourth-order valence-corrected chi connectivity index (χ4v) is 1.84. The maximum Gasteiger partial charge on any atom is 0.320 e. The molecule has 0 aliphatic carbocycles. The first-order valence-corrected chi connectivity index (χ1v) is 6.84. The van der Waals surface area contributed by atoms with Crippen LogP contribution in [0, 0.1) is 0 Å². The van der Waals surface area contributed by atoms with Gasteiger partial charge in [-0.25, -0.2) is 0 Å². The third kappa shape index (κ3) is 4.63. The van der Waals surface area contributed by atoms with Crippen molar-refractivity contribution in [1.29, 1.82) is 0 Å². The van der Waals surface area contributed by atoms with Crippen LogP contribution >= 0.6 is 38.5 Å². The van der Waals surface area contributed by atoms with Crippen molar-refractivity contribution in [2.75, 3.05) is 13.7 Å². The van der Waals surface area contributed by atoms with Gasteiger partial charge in [0.15, 0.2) is 0 Å². The van der Waals surface area contributed by atoms with Crippen LogP contribution in [0.1, 0.15) is 10.4 Å². The molecule has 0 fully saturated rings. The first kappa shape index (κ1) is 14.4. The van der Waals surface area contributed by atoms with E-state index in [2.05, 4.69) is 26.0 Å². The van der Waals surface area contributed by atoms with Gasteiger partial charge in [0.25, 0.3) is 5.91 Å². The highest BCUT2D eigenvalue weighted by molar-refractivity contribution is 14.1. The van der Waals surface area contributed by atoms with Crippen LogP contribution < -0.4 is 5.32 Å². The number of hydrogen-bond acceptors (Lipinski definition) is 3. The van der Waals surface area contributed by atoms with Gasteiger partial charge in [0.1, 0.15) is 3.92 Å². The molecule has 0 saturated carbocycles. The van der Waals surface area contributed by atoms with Gasteiger partial charge in [-0.2, -0.15) is 0 Å². The summed E-state index contributed by atoms with van der Waals surface area (Å²) in [5.74, 6) is -0.551. The summed E-state index contributed by atoms with van der Waals surface area (Å²) in [6, 6.07) is 6.99. The Hall–Kier alpha value is -0.630. The molecule has 0 spiro atoms. The summed E-state index contributed by atoms with van der Waals surface area (Å²) in [4.78, 5) is 22.8. The van der Waals surface area contributed by atoms with E-state index in [-0.39, 0.29) is 22.3 Å². The molecule has 1 aromatic rings. The first-order chi connectivity index (χ1) is 8.04. The molecule has 1 amide bonds. The Kier molecular flexibility index (Phi) is 5.90. The fourth-order valence-electron chi connectivity index (χ4n) is 1.10. The zero-order chi connectivity index (χ0) is 12.8. The van der Waals surface area contributed by atoms with Crippen molar-refractivity contribution in [3.05, 3.63) is 34.3 Å². The third-order valence-electron chi connectivity index (χ3n) is 2.01. The van der Waals surface area contributed by atoms with Crippen LogP contribution in [-0.2, 0) is 9.53 Å². The molecule has 1 atom stereocenters. The van der Waals surface area contributed by atoms with Crippen molar-refractivity contribution in [2.24, 2.45) is 0 Å². The summed E-state index contributed by atoms with van der Waals surface area (Å²) in [7, 11) is 1.32. The van der Waals surface area contributed by atoms with Gasteiger partial charge < -0.3 is 10.1 Å². The van der Waals surface area contributed by atoms with Crippen LogP contribution in [0.4, 0.5) is 0 Å². The van der Waals surface area contributed by atoms with Crippen LogP contribution in [0.15, 0.2) is 28.7 Å². The van der Waals surface area contributed by atoms with E-state index < -0.39 is 0 Å². The number of halogens is 2. The minimum atomic E-state index is -0.378. The molecule has 92 valence electrons. The van der Waals surface area contributed by atoms with Gasteiger partial charge in [-0.15, -0.1) is 0 Å². The number of nitrogens with one attached hydrogen (secondary N) is 1. The van der Waals surface area contributed by atoms with Gasteiger partial charge in [-0.3, -0.25) is 9.59 Å². The Morgan fingerprint density at radius 2 is 2.00 bits per heavy atom. The van der Waals surface area contributed by atoms with Gasteiger partial charge >= 0.3 is 5.97 Å². The summed E-state index contributed by atoms with van der Waals surface area (Å²) in [6.07, 6.45) is 0. The van der Waals surface area contributed by atoms with E-state index in [9.17, 15) is 9.59 Å². The maximum absolute atomic E-state index is 11.7. The maximum atomic E-state index is 11.7. The van der Waals surface area contributed by atoms with Crippen molar-refractivity contribution in [3.8, 4) is 0 Å². The van der Waals surface area contributed by atoms with E-state index in [0.29, 0.717) is 5.56 Å². The lowest BCUT2D eigenvalue weighted by Crippen LogP contribution is -2.33. The lowest BCUT2D eigenvalue weighted by Gasteiger charge is -2.09. The largest absolute Gasteiger partial charge is 0.468 e. The highest BCUT2D eigenvalue weighted by Gasteiger charge is 2.16. The standard InChI is InChI=1S/C11H11BrINO3/c1-17-11(16)9(13)6-14-10(15)7-2-4-8(12)5-3-7/h2-5,9H,6H2,1H3,(H,14,15). The van der Waals surface area contributed by atoms with Crippen molar-refractivity contribution in [3.63, 3.8) is 0 Å². The monoisotopic (exact) mass is 411 g/mol. The molecule has 17 heavy (non-hydrogen) atoms. The summed E-state index contributed by atoms with van der Waals surface area (Å²) < 4.78 is 5.10. The lowest BCUT2D eigenvalue weighted by molar-refractivity contribution is -0.139. The van der Waals surface area contributed by atoms with Crippen LogP contribution in [-0.4, -0.2) is 29.5 Å². The molecule has 1 N–H and O–H groups in total. The average molecular weight is 412 g/mol. The number of benzene rings is 1. The predicted octanol–water partition coefficient (Wildman–Crippen LogP) is 2.16. The SMILES string of the molecule is COC(=O)C(I)CNC(=O)c1ccc(Br)cc1. The van der Waals surface area contributed by atoms with Crippen LogP contribution in [0.3, 0.4) is 0 Å². The molecule has 1 unspecified atom stereocenters. The first-order valence-electron chi connectivity index (χ1n) is 4.80. The third-order valence-corrected chi connectivity index (χ3v) is 3.48. The van der Waals surface area contributed by atoms with Crippen molar-refractivity contribution in [2.45, 2.75) is 3.92 Å². The molecule has 0 bridgehead atoms. The molecule has 6 heteroatoms. The molecule has 1 aromatic carbocycles. The molecule has 0 aliphatic heterocycles. The molecule has 0 radical (unpaired) electrons. The number of carbonyl (C=O) groups is 2. The van der Waals surface area contributed by atoms with E-state index in [0.717, 1.165) is 4.47 Å². The average Bonchev–Trinajstić information content (AvgIpc) is 2.35. The van der Waals surface area contributed by atoms with Crippen LogP contribution in [0.2, 0.25) is 0 Å². The summed E-state index contributed by atoms with van der Waals surface area (Å²) in [5, 5.41) is 2.67. The second-order valence-electron chi connectivity index (χ2n) is 3.21. The summed E-state index contributed by atoms with van der Waals surface area (Å²) in [5.41, 5.74) is 0.557. The van der Waals surface area contributed by atoms with Gasteiger partial charge in [-0.05, 0) is 24.3 Å². The molecule has 4 nitrogen and oxygen atoms in total. The molecular formula is C11H11BrINO3. The van der Waals surface area contributed by atoms with Crippen molar-refractivity contribution < 1.29 is 14.3 Å². The summed E-state index contributed by atoms with van der Waals surface area (Å²) >= 11 is 5.22. The normalized spacial score (nSPS) is 11.7. The Morgan fingerprint density at radius 3 is 2.53 bits per heavy atom. The molecular weight excluding hydrogens is 401 g/mol. The smallest absolute Gasteiger partial charge is 0.320 e. The van der Waals surface area contributed by atoms with E-state index >= 15 is 0 Å². The number of hydrogen-bond donors (Lipinski definition) is 1. The summed E-state index contributed by atoms with van der Waals surface area (Å²) in [6.45, 7) is 0.252. The molecule has 0 saturated heterocycles. The Morgan fingerprint density at radius 1 is 1.41 bits per heavy atom. The number of alkyl halides is 1. The fraction of sp³-hybridized carbons (Fsp3) is 0.273. The number of methoxy groups -OCH3 is 1. The Bertz CT molecular complexity index is 408. The number of amides is 1. The second kappa shape index (κ2) is 6.95. The van der Waals surface area contributed by atoms with Gasteiger partial charge in [-0.1, -0.05) is 38.5 Å². The molecule has 1 rings (SSSR count). The molecule has 0 aromatic heterocycles. The van der Waals surface area contributed by atoms with Crippen LogP contribution in [0.5, 0.6) is 0 Å². The van der Waals surface area contributed by atoms with Crippen molar-refractivity contribution in [1.82, 2.24) is 5.32 Å². The topological polar surface area (TPSA) is 55.4 Å². The van der Waals surface area contributed by atoms with Gasteiger partial charge in [0.05, 0.1) is 7.11 Å². The number of ether oxygens (including phenoxy) is 1. The van der Waals surface area contributed by atoms with Crippen LogP contribution in [0.25, 0.3) is 0 Å². The zero-order valence-corrected chi connectivity index (χ0v) is 12.8. The number of carbonyl (C=O) groups excluding carboxylic acids is 2. The van der Waals surface area contributed by atoms with E-state index in [1.807, 2.05) is 22.6 Å².